The maximum Gasteiger partial charge on any atom is 0.274 e. The van der Waals surface area contributed by atoms with E-state index < -0.39 is 5.91 Å². The number of hydrogen-bond donors (Lipinski definition) is 2. The van der Waals surface area contributed by atoms with Gasteiger partial charge in [0.2, 0.25) is 5.91 Å². The van der Waals surface area contributed by atoms with E-state index in [9.17, 15) is 14.0 Å². The molecule has 1 aromatic carbocycles. The highest BCUT2D eigenvalue weighted by Crippen LogP contribution is 2.28. The third-order valence-corrected chi connectivity index (χ3v) is 3.90. The quantitative estimate of drug-likeness (QED) is 0.843. The van der Waals surface area contributed by atoms with Crippen LogP contribution in [-0.4, -0.2) is 21.6 Å². The minimum absolute atomic E-state index is 0.0196. The van der Waals surface area contributed by atoms with Crippen LogP contribution in [0.3, 0.4) is 0 Å². The van der Waals surface area contributed by atoms with Gasteiger partial charge in [0.1, 0.15) is 16.5 Å². The number of aromatic nitrogens is 2. The molecule has 0 aliphatic heterocycles. The number of carbonyl (C=O) groups is 2. The van der Waals surface area contributed by atoms with Gasteiger partial charge >= 0.3 is 0 Å². The number of hydrogen-bond acceptors (Lipinski definition) is 3. The number of rotatable bonds is 3. The Morgan fingerprint density at radius 2 is 1.91 bits per heavy atom. The zero-order valence-electron chi connectivity index (χ0n) is 12.3. The fourth-order valence-corrected chi connectivity index (χ4v) is 2.50. The van der Waals surface area contributed by atoms with Crippen LogP contribution in [0.5, 0.6) is 0 Å². The number of amides is 2. The average molecular weight is 337 g/mol. The summed E-state index contributed by atoms with van der Waals surface area (Å²) >= 11 is 6.22. The molecule has 0 spiro atoms. The van der Waals surface area contributed by atoms with E-state index >= 15 is 0 Å². The molecule has 3 rings (SSSR count). The summed E-state index contributed by atoms with van der Waals surface area (Å²) in [6.45, 7) is 1.63. The molecule has 1 aliphatic carbocycles. The van der Waals surface area contributed by atoms with E-state index in [2.05, 4.69) is 16.0 Å². The maximum atomic E-state index is 13.0. The molecule has 120 valence electrons. The highest BCUT2D eigenvalue weighted by molar-refractivity contribution is 6.33. The number of aryl methyl sites for hydroxylation is 1. The first-order chi connectivity index (χ1) is 11.0. The van der Waals surface area contributed by atoms with Crippen LogP contribution in [0.25, 0.3) is 5.69 Å². The van der Waals surface area contributed by atoms with Crippen molar-refractivity contribution in [3.05, 3.63) is 46.5 Å². The summed E-state index contributed by atoms with van der Waals surface area (Å²) in [6.07, 6.45) is 1.67. The third-order valence-electron chi connectivity index (χ3n) is 3.55. The fourth-order valence-electron chi connectivity index (χ4n) is 2.14. The number of hydrazine groups is 1. The van der Waals surface area contributed by atoms with Gasteiger partial charge in [0.25, 0.3) is 5.91 Å². The molecule has 8 heteroatoms. The van der Waals surface area contributed by atoms with E-state index in [1.165, 1.54) is 28.9 Å². The van der Waals surface area contributed by atoms with Crippen LogP contribution in [0.2, 0.25) is 5.15 Å². The zero-order valence-corrected chi connectivity index (χ0v) is 13.0. The van der Waals surface area contributed by atoms with E-state index in [1.807, 2.05) is 0 Å². The molecule has 1 saturated carbocycles. The smallest absolute Gasteiger partial charge is 0.273 e. The van der Waals surface area contributed by atoms with Crippen LogP contribution in [0.4, 0.5) is 4.39 Å². The van der Waals surface area contributed by atoms with Gasteiger partial charge < -0.3 is 0 Å². The highest BCUT2D eigenvalue weighted by atomic mass is 35.5. The molecule has 23 heavy (non-hydrogen) atoms. The summed E-state index contributed by atoms with van der Waals surface area (Å²) < 4.78 is 14.3. The maximum absolute atomic E-state index is 13.0. The van der Waals surface area contributed by atoms with E-state index in [4.69, 9.17) is 11.6 Å². The van der Waals surface area contributed by atoms with Gasteiger partial charge in [-0.1, -0.05) is 11.6 Å². The van der Waals surface area contributed by atoms with Crippen LogP contribution >= 0.6 is 11.6 Å². The molecule has 1 aliphatic rings. The van der Waals surface area contributed by atoms with Crippen molar-refractivity contribution in [2.24, 2.45) is 5.92 Å². The number of nitrogens with zero attached hydrogens (tertiary/aromatic N) is 2. The van der Waals surface area contributed by atoms with Crippen molar-refractivity contribution >= 4 is 23.4 Å². The molecule has 0 radical (unpaired) electrons. The lowest BCUT2D eigenvalue weighted by molar-refractivity contribution is -0.123. The Kier molecular flexibility index (Phi) is 4.04. The summed E-state index contributed by atoms with van der Waals surface area (Å²) in [6, 6.07) is 5.56. The first kappa shape index (κ1) is 15.5. The Labute approximate surface area is 136 Å². The van der Waals surface area contributed by atoms with Crippen LogP contribution in [0.15, 0.2) is 24.3 Å². The number of benzene rings is 1. The minimum Gasteiger partial charge on any atom is -0.273 e. The van der Waals surface area contributed by atoms with E-state index in [-0.39, 0.29) is 28.4 Å². The predicted molar refractivity (Wildman–Crippen MR) is 81.6 cm³/mol. The molecule has 0 bridgehead atoms. The molecule has 1 heterocycles. The Hall–Kier alpha value is -2.41. The molecule has 2 aromatic rings. The normalized spacial score (nSPS) is 13.7. The summed E-state index contributed by atoms with van der Waals surface area (Å²) in [5.74, 6) is -1.16. The van der Waals surface area contributed by atoms with Crippen LogP contribution in [-0.2, 0) is 4.79 Å². The molecular weight excluding hydrogens is 323 g/mol. The number of carbonyl (C=O) groups excluding carboxylic acids is 2. The van der Waals surface area contributed by atoms with Crippen LogP contribution < -0.4 is 10.9 Å². The molecule has 1 fully saturated rings. The molecular formula is C15H14ClFN4O2. The molecule has 0 atom stereocenters. The molecule has 0 unspecified atom stereocenters. The zero-order chi connectivity index (χ0) is 16.6. The van der Waals surface area contributed by atoms with Crippen molar-refractivity contribution in [1.29, 1.82) is 0 Å². The second kappa shape index (κ2) is 6.00. The van der Waals surface area contributed by atoms with E-state index in [1.54, 1.807) is 6.92 Å². The largest absolute Gasteiger partial charge is 0.274 e. The molecule has 2 N–H and O–H groups in total. The van der Waals surface area contributed by atoms with Crippen molar-refractivity contribution in [1.82, 2.24) is 20.6 Å². The van der Waals surface area contributed by atoms with Gasteiger partial charge in [0.05, 0.1) is 11.4 Å². The third kappa shape index (κ3) is 3.19. The van der Waals surface area contributed by atoms with Crippen LogP contribution in [0, 0.1) is 18.7 Å². The van der Waals surface area contributed by atoms with Gasteiger partial charge in [-0.3, -0.25) is 20.4 Å². The van der Waals surface area contributed by atoms with Crippen molar-refractivity contribution in [2.45, 2.75) is 19.8 Å². The Morgan fingerprint density at radius 1 is 1.26 bits per heavy atom. The monoisotopic (exact) mass is 336 g/mol. The van der Waals surface area contributed by atoms with Crippen molar-refractivity contribution in [3.63, 3.8) is 0 Å². The molecule has 0 saturated heterocycles. The van der Waals surface area contributed by atoms with Crippen molar-refractivity contribution < 1.29 is 14.0 Å². The van der Waals surface area contributed by atoms with Gasteiger partial charge in [0.15, 0.2) is 0 Å². The van der Waals surface area contributed by atoms with Gasteiger partial charge in [0, 0.05) is 5.92 Å². The summed E-state index contributed by atoms with van der Waals surface area (Å²) in [5.41, 5.74) is 5.80. The summed E-state index contributed by atoms with van der Waals surface area (Å²) in [5, 5.41) is 4.28. The number of halogens is 2. The lowest BCUT2D eigenvalue weighted by Gasteiger charge is -2.07. The Balaban J connectivity index is 1.80. The average Bonchev–Trinajstić information content (AvgIpc) is 3.32. The Morgan fingerprint density at radius 3 is 2.52 bits per heavy atom. The standard InChI is InChI=1S/C15H14ClFN4O2/c1-8-12(15(23)19-18-14(22)9-2-3-9)13(16)21(20-8)11-6-4-10(17)5-7-11/h4-7,9H,2-3H2,1H3,(H,18,22)(H,19,23). The van der Waals surface area contributed by atoms with Gasteiger partial charge in [-0.15, -0.1) is 0 Å². The first-order valence-electron chi connectivity index (χ1n) is 7.08. The predicted octanol–water partition coefficient (Wildman–Crippen LogP) is 2.14. The van der Waals surface area contributed by atoms with Crippen molar-refractivity contribution in [2.75, 3.05) is 0 Å². The summed E-state index contributed by atoms with van der Waals surface area (Å²) in [7, 11) is 0. The first-order valence-corrected chi connectivity index (χ1v) is 7.46. The second-order valence-corrected chi connectivity index (χ2v) is 5.72. The lowest BCUT2D eigenvalue weighted by atomic mass is 10.2. The summed E-state index contributed by atoms with van der Waals surface area (Å²) in [4.78, 5) is 23.8. The van der Waals surface area contributed by atoms with E-state index in [0.717, 1.165) is 12.8 Å². The lowest BCUT2D eigenvalue weighted by Crippen LogP contribution is -2.42. The van der Waals surface area contributed by atoms with Crippen molar-refractivity contribution in [3.8, 4) is 5.69 Å². The minimum atomic E-state index is -0.546. The SMILES string of the molecule is Cc1nn(-c2ccc(F)cc2)c(Cl)c1C(=O)NNC(=O)C1CC1. The van der Waals surface area contributed by atoms with Crippen LogP contribution in [0.1, 0.15) is 28.9 Å². The van der Waals surface area contributed by atoms with Gasteiger partial charge in [-0.05, 0) is 44.0 Å². The second-order valence-electron chi connectivity index (χ2n) is 5.36. The highest BCUT2D eigenvalue weighted by Gasteiger charge is 2.30. The molecule has 1 aromatic heterocycles. The van der Waals surface area contributed by atoms with E-state index in [0.29, 0.717) is 11.4 Å². The Bertz CT molecular complexity index is 769. The van der Waals surface area contributed by atoms with Gasteiger partial charge in [-0.2, -0.15) is 5.10 Å². The fraction of sp³-hybridized carbons (Fsp3) is 0.267. The molecule has 6 nitrogen and oxygen atoms in total. The molecule has 2 amide bonds. The topological polar surface area (TPSA) is 76.0 Å². The number of nitrogens with one attached hydrogen (secondary N) is 2. The van der Waals surface area contributed by atoms with Gasteiger partial charge in [-0.25, -0.2) is 9.07 Å².